The predicted octanol–water partition coefficient (Wildman–Crippen LogP) is 2.96. The Bertz CT molecular complexity index is 1330. The van der Waals surface area contributed by atoms with Crippen molar-refractivity contribution < 1.29 is 27.1 Å². The molecule has 10 nitrogen and oxygen atoms in total. The Hall–Kier alpha value is -3.28. The summed E-state index contributed by atoms with van der Waals surface area (Å²) in [6.07, 6.45) is 2.86. The second kappa shape index (κ2) is 9.16. The van der Waals surface area contributed by atoms with E-state index in [9.17, 15) is 17.6 Å². The second-order valence-electron chi connectivity index (χ2n) is 8.50. The molecule has 1 amide bonds. The molecule has 1 fully saturated rings. The summed E-state index contributed by atoms with van der Waals surface area (Å²) < 4.78 is 51.2. The van der Waals surface area contributed by atoms with Gasteiger partial charge in [-0.3, -0.25) is 4.68 Å². The summed E-state index contributed by atoms with van der Waals surface area (Å²) in [4.78, 5) is 22.2. The number of rotatable bonds is 5. The van der Waals surface area contributed by atoms with Gasteiger partial charge in [0, 0.05) is 44.8 Å². The molecule has 0 aliphatic carbocycles. The van der Waals surface area contributed by atoms with Gasteiger partial charge in [0.05, 0.1) is 11.0 Å². The fraction of sp³-hybridized carbons (Fsp3) is 0.455. The van der Waals surface area contributed by atoms with E-state index in [-0.39, 0.29) is 34.5 Å². The van der Waals surface area contributed by atoms with Crippen molar-refractivity contribution in [3.8, 4) is 17.1 Å². The number of sulfone groups is 1. The molecular formula is C22H26FN5O5S. The van der Waals surface area contributed by atoms with Crippen LogP contribution in [0.15, 0.2) is 29.4 Å². The third-order valence-corrected chi connectivity index (χ3v) is 6.64. The van der Waals surface area contributed by atoms with Crippen LogP contribution in [0, 0.1) is 5.82 Å². The molecule has 182 valence electrons. The Labute approximate surface area is 196 Å². The number of carbonyl (C=O) groups is 1. The van der Waals surface area contributed by atoms with E-state index in [1.165, 1.54) is 23.1 Å². The molecule has 0 atom stereocenters. The topological polar surface area (TPSA) is 117 Å². The highest BCUT2D eigenvalue weighted by atomic mass is 32.2. The Kier molecular flexibility index (Phi) is 6.43. The van der Waals surface area contributed by atoms with Crippen molar-refractivity contribution in [2.75, 3.05) is 19.3 Å². The lowest BCUT2D eigenvalue weighted by atomic mass is 10.1. The van der Waals surface area contributed by atoms with Crippen molar-refractivity contribution in [2.24, 2.45) is 7.05 Å². The van der Waals surface area contributed by atoms with Gasteiger partial charge in [-0.05, 0) is 32.0 Å². The van der Waals surface area contributed by atoms with Gasteiger partial charge in [-0.2, -0.15) is 10.1 Å². The summed E-state index contributed by atoms with van der Waals surface area (Å²) in [6, 6.07) is 3.69. The number of nitrogens with zero attached hydrogens (tertiary/aromatic N) is 5. The largest absolute Gasteiger partial charge is 0.473 e. The maximum absolute atomic E-state index is 14.8. The number of hydrogen-bond donors (Lipinski definition) is 0. The van der Waals surface area contributed by atoms with Crippen LogP contribution in [0.1, 0.15) is 26.7 Å². The molecule has 0 saturated carbocycles. The fourth-order valence-electron chi connectivity index (χ4n) is 3.85. The summed E-state index contributed by atoms with van der Waals surface area (Å²) >= 11 is 0. The minimum atomic E-state index is -3.54. The van der Waals surface area contributed by atoms with Gasteiger partial charge < -0.3 is 14.4 Å². The van der Waals surface area contributed by atoms with Gasteiger partial charge >= 0.3 is 6.09 Å². The highest BCUT2D eigenvalue weighted by Crippen LogP contribution is 2.33. The lowest BCUT2D eigenvalue weighted by molar-refractivity contribution is 0.0510. The summed E-state index contributed by atoms with van der Waals surface area (Å²) in [5, 5.41) is 4.40. The minimum Gasteiger partial charge on any atom is -0.473 e. The SMILES string of the molecule is CC(C)OC(=O)N1CCC(Oc2ncnc3c(-c4ccc(S(C)(=O)=O)cc4F)nn(C)c23)CC1. The van der Waals surface area contributed by atoms with E-state index in [4.69, 9.17) is 9.47 Å². The molecule has 2 aromatic heterocycles. The monoisotopic (exact) mass is 491 g/mol. The molecule has 1 aliphatic rings. The van der Waals surface area contributed by atoms with E-state index in [1.54, 1.807) is 11.9 Å². The Morgan fingerprint density at radius 2 is 1.91 bits per heavy atom. The van der Waals surface area contributed by atoms with Crippen molar-refractivity contribution in [3.05, 3.63) is 30.3 Å². The molecule has 1 saturated heterocycles. The molecule has 34 heavy (non-hydrogen) atoms. The Morgan fingerprint density at radius 3 is 2.53 bits per heavy atom. The number of benzene rings is 1. The van der Waals surface area contributed by atoms with Crippen LogP contribution in [-0.4, -0.2) is 70.7 Å². The van der Waals surface area contributed by atoms with Gasteiger partial charge in [0.2, 0.25) is 5.88 Å². The zero-order chi connectivity index (χ0) is 24.6. The average Bonchev–Trinajstić information content (AvgIpc) is 3.10. The van der Waals surface area contributed by atoms with Crippen LogP contribution >= 0.6 is 0 Å². The van der Waals surface area contributed by atoms with Crippen molar-refractivity contribution in [1.29, 1.82) is 0 Å². The number of halogens is 1. The van der Waals surface area contributed by atoms with Crippen molar-refractivity contribution in [1.82, 2.24) is 24.6 Å². The van der Waals surface area contributed by atoms with Crippen molar-refractivity contribution in [2.45, 2.75) is 43.8 Å². The quantitative estimate of drug-likeness (QED) is 0.535. The molecular weight excluding hydrogens is 465 g/mol. The maximum atomic E-state index is 14.8. The van der Waals surface area contributed by atoms with Crippen LogP contribution in [0.3, 0.4) is 0 Å². The zero-order valence-corrected chi connectivity index (χ0v) is 20.2. The van der Waals surface area contributed by atoms with Crippen LogP contribution in [0.2, 0.25) is 0 Å². The highest BCUT2D eigenvalue weighted by Gasteiger charge is 2.27. The molecule has 3 aromatic rings. The minimum absolute atomic E-state index is 0.115. The first-order valence-electron chi connectivity index (χ1n) is 10.8. The summed E-state index contributed by atoms with van der Waals surface area (Å²) in [6.45, 7) is 4.61. The molecule has 0 unspecified atom stereocenters. The number of fused-ring (bicyclic) bond motifs is 1. The number of piperidine rings is 1. The molecule has 0 N–H and O–H groups in total. The van der Waals surface area contributed by atoms with E-state index in [0.29, 0.717) is 42.8 Å². The number of aromatic nitrogens is 4. The number of likely N-dealkylation sites (tertiary alicyclic amines) is 1. The van der Waals surface area contributed by atoms with Crippen LogP contribution in [0.4, 0.5) is 9.18 Å². The summed E-state index contributed by atoms with van der Waals surface area (Å²) in [7, 11) is -1.87. The number of hydrogen-bond acceptors (Lipinski definition) is 8. The first-order valence-corrected chi connectivity index (χ1v) is 12.7. The van der Waals surface area contributed by atoms with Crippen molar-refractivity contribution in [3.63, 3.8) is 0 Å². The Balaban J connectivity index is 1.58. The van der Waals surface area contributed by atoms with Crippen molar-refractivity contribution >= 4 is 27.0 Å². The molecule has 0 spiro atoms. The van der Waals surface area contributed by atoms with E-state index < -0.39 is 15.7 Å². The second-order valence-corrected chi connectivity index (χ2v) is 10.5. The van der Waals surface area contributed by atoms with E-state index in [2.05, 4.69) is 15.1 Å². The van der Waals surface area contributed by atoms with Gasteiger partial charge in [0.15, 0.2) is 9.84 Å². The van der Waals surface area contributed by atoms with Crippen LogP contribution in [0.5, 0.6) is 5.88 Å². The van der Waals surface area contributed by atoms with Gasteiger partial charge in [-0.25, -0.2) is 22.6 Å². The number of amides is 1. The molecule has 1 aliphatic heterocycles. The summed E-state index contributed by atoms with van der Waals surface area (Å²) in [5.41, 5.74) is 1.26. The molecule has 3 heterocycles. The number of carbonyl (C=O) groups excluding carboxylic acids is 1. The average molecular weight is 492 g/mol. The standard InChI is InChI=1S/C22H26FN5O5S/c1-13(2)32-22(29)28-9-7-14(8-10-28)33-21-20-19(24-12-25-21)18(26-27(20)3)16-6-5-15(11-17(16)23)34(4,30)31/h5-6,11-14H,7-10H2,1-4H3. The molecule has 4 rings (SSSR count). The summed E-state index contributed by atoms with van der Waals surface area (Å²) in [5.74, 6) is -0.410. The smallest absolute Gasteiger partial charge is 0.410 e. The highest BCUT2D eigenvalue weighted by molar-refractivity contribution is 7.90. The normalized spacial score (nSPS) is 15.2. The third-order valence-electron chi connectivity index (χ3n) is 5.53. The van der Waals surface area contributed by atoms with E-state index in [0.717, 1.165) is 12.3 Å². The van der Waals surface area contributed by atoms with Gasteiger partial charge in [0.1, 0.15) is 35.0 Å². The lowest BCUT2D eigenvalue weighted by Crippen LogP contribution is -2.42. The molecule has 0 bridgehead atoms. The first kappa shape index (κ1) is 23.9. The van der Waals surface area contributed by atoms with Gasteiger partial charge in [-0.15, -0.1) is 0 Å². The van der Waals surface area contributed by atoms with Gasteiger partial charge in [-0.1, -0.05) is 0 Å². The van der Waals surface area contributed by atoms with E-state index >= 15 is 0 Å². The van der Waals surface area contributed by atoms with Crippen LogP contribution in [-0.2, 0) is 21.6 Å². The van der Waals surface area contributed by atoms with Gasteiger partial charge in [0.25, 0.3) is 0 Å². The Morgan fingerprint density at radius 1 is 1.21 bits per heavy atom. The lowest BCUT2D eigenvalue weighted by Gasteiger charge is -2.31. The number of ether oxygens (including phenoxy) is 2. The van der Waals surface area contributed by atoms with E-state index in [1.807, 2.05) is 13.8 Å². The zero-order valence-electron chi connectivity index (χ0n) is 19.4. The third kappa shape index (κ3) is 4.81. The first-order chi connectivity index (χ1) is 16.0. The van der Waals surface area contributed by atoms with Crippen LogP contribution in [0.25, 0.3) is 22.3 Å². The molecule has 0 radical (unpaired) electrons. The predicted molar refractivity (Wildman–Crippen MR) is 122 cm³/mol. The molecule has 12 heteroatoms. The fourth-order valence-corrected chi connectivity index (χ4v) is 4.48. The maximum Gasteiger partial charge on any atom is 0.410 e. The molecule has 1 aromatic carbocycles. The van der Waals surface area contributed by atoms with Crippen LogP contribution < -0.4 is 4.74 Å². The number of aryl methyl sites for hydroxylation is 1.